The van der Waals surface area contributed by atoms with E-state index < -0.39 is 17.7 Å². The summed E-state index contributed by atoms with van der Waals surface area (Å²) >= 11 is 1.26. The summed E-state index contributed by atoms with van der Waals surface area (Å²) in [7, 11) is 3.12. The van der Waals surface area contributed by atoms with Gasteiger partial charge in [0.05, 0.1) is 49.3 Å². The lowest BCUT2D eigenvalue weighted by Crippen LogP contribution is -2.29. The van der Waals surface area contributed by atoms with Gasteiger partial charge in [0.2, 0.25) is 0 Å². The molecule has 0 aliphatic carbocycles. The lowest BCUT2D eigenvalue weighted by atomic mass is 9.95. The topological polar surface area (TPSA) is 107 Å². The Balaban J connectivity index is 1.64. The molecule has 5 rings (SSSR count). The van der Waals surface area contributed by atoms with E-state index >= 15 is 0 Å². The van der Waals surface area contributed by atoms with Crippen LogP contribution in [0.1, 0.15) is 56.7 Å². The molecule has 2 heterocycles. The molecule has 3 aromatic carbocycles. The number of aliphatic hydroxyl groups is 1. The van der Waals surface area contributed by atoms with Crippen LogP contribution in [0.4, 0.5) is 5.13 Å². The van der Waals surface area contributed by atoms with Crippen LogP contribution >= 0.6 is 11.3 Å². The van der Waals surface area contributed by atoms with Crippen LogP contribution in [0.2, 0.25) is 0 Å². The van der Waals surface area contributed by atoms with Crippen molar-refractivity contribution in [3.05, 3.63) is 77.4 Å². The molecule has 1 atom stereocenters. The lowest BCUT2D eigenvalue weighted by molar-refractivity contribution is -0.132. The van der Waals surface area contributed by atoms with E-state index in [-0.39, 0.29) is 11.3 Å². The minimum Gasteiger partial charge on any atom is -0.507 e. The molecule has 1 aliphatic rings. The molecule has 1 aromatic heterocycles. The summed E-state index contributed by atoms with van der Waals surface area (Å²) in [4.78, 5) is 33.6. The number of unbranched alkanes of at least 4 members (excludes halogenated alkanes) is 2. The van der Waals surface area contributed by atoms with E-state index in [1.165, 1.54) is 23.3 Å². The molecule has 0 radical (unpaired) electrons. The monoisotopic (exact) mass is 616 g/mol. The molecule has 1 unspecified atom stereocenters. The second-order valence-corrected chi connectivity index (χ2v) is 11.4. The summed E-state index contributed by atoms with van der Waals surface area (Å²) in [6.45, 7) is 5.17. The Morgan fingerprint density at radius 3 is 2.48 bits per heavy atom. The molecule has 1 amide bonds. The molecule has 1 N–H and O–H groups in total. The highest BCUT2D eigenvalue weighted by molar-refractivity contribution is 7.22. The number of anilines is 1. The van der Waals surface area contributed by atoms with Crippen molar-refractivity contribution in [2.75, 3.05) is 32.3 Å². The normalized spacial score (nSPS) is 16.0. The molecule has 44 heavy (non-hydrogen) atoms. The zero-order chi connectivity index (χ0) is 31.2. The van der Waals surface area contributed by atoms with Crippen LogP contribution in [0.25, 0.3) is 16.0 Å². The number of aromatic nitrogens is 1. The average molecular weight is 617 g/mol. The van der Waals surface area contributed by atoms with E-state index in [0.29, 0.717) is 58.0 Å². The predicted octanol–water partition coefficient (Wildman–Crippen LogP) is 7.30. The number of thiazole rings is 1. The van der Waals surface area contributed by atoms with Crippen molar-refractivity contribution < 1.29 is 33.6 Å². The Labute approximate surface area is 260 Å². The maximum Gasteiger partial charge on any atom is 0.301 e. The minimum absolute atomic E-state index is 0.0573. The Morgan fingerprint density at radius 1 is 0.886 bits per heavy atom. The van der Waals surface area contributed by atoms with Crippen LogP contribution in [0.5, 0.6) is 23.0 Å². The third-order valence-electron chi connectivity index (χ3n) is 7.32. The third-order valence-corrected chi connectivity index (χ3v) is 8.34. The standard InChI is InChI=1S/C34H36N2O7S/c1-5-7-8-17-43-26-15-12-21(19-27(26)41-4)30-29(31(37)22-10-9-11-24(18-22)42-16-6-2)32(38)33(39)36(30)34-35-25-14-13-23(40-3)20-28(25)44-34/h9-15,18-20,30,37H,5-8,16-17H2,1-4H3. The second-order valence-electron chi connectivity index (χ2n) is 10.3. The number of rotatable bonds is 13. The van der Waals surface area contributed by atoms with Crippen LogP contribution in [0.15, 0.2) is 66.2 Å². The largest absolute Gasteiger partial charge is 0.507 e. The highest BCUT2D eigenvalue weighted by Gasteiger charge is 2.48. The van der Waals surface area contributed by atoms with E-state index in [1.807, 2.05) is 13.0 Å². The predicted molar refractivity (Wildman–Crippen MR) is 171 cm³/mol. The number of carbonyl (C=O) groups excluding carboxylic acids is 2. The van der Waals surface area contributed by atoms with Gasteiger partial charge in [-0.15, -0.1) is 0 Å². The van der Waals surface area contributed by atoms with E-state index in [4.69, 9.17) is 23.9 Å². The molecule has 9 nitrogen and oxygen atoms in total. The first kappa shape index (κ1) is 30.9. The molecular formula is C34H36N2O7S. The maximum atomic E-state index is 13.8. The van der Waals surface area contributed by atoms with Gasteiger partial charge >= 0.3 is 5.91 Å². The van der Waals surface area contributed by atoms with Crippen molar-refractivity contribution in [3.63, 3.8) is 0 Å². The van der Waals surface area contributed by atoms with Gasteiger partial charge in [0.15, 0.2) is 16.6 Å². The number of benzene rings is 3. The molecule has 10 heteroatoms. The van der Waals surface area contributed by atoms with Crippen LogP contribution in [-0.4, -0.2) is 49.2 Å². The van der Waals surface area contributed by atoms with E-state index in [1.54, 1.807) is 61.7 Å². The first-order valence-corrected chi connectivity index (χ1v) is 15.5. The van der Waals surface area contributed by atoms with Gasteiger partial charge in [-0.2, -0.15) is 0 Å². The number of fused-ring (bicyclic) bond motifs is 1. The first-order chi connectivity index (χ1) is 21.4. The number of carbonyl (C=O) groups is 2. The van der Waals surface area contributed by atoms with Gasteiger partial charge in [-0.05, 0) is 60.9 Å². The molecule has 0 spiro atoms. The van der Waals surface area contributed by atoms with Crippen molar-refractivity contribution in [2.24, 2.45) is 0 Å². The van der Waals surface area contributed by atoms with Crippen LogP contribution in [0, 0.1) is 0 Å². The Kier molecular flexibility index (Phi) is 9.69. The van der Waals surface area contributed by atoms with Crippen molar-refractivity contribution in [2.45, 2.75) is 45.6 Å². The Hall–Kier alpha value is -4.57. The molecule has 1 fully saturated rings. The lowest BCUT2D eigenvalue weighted by Gasteiger charge is -2.24. The number of nitrogens with zero attached hydrogens (tertiary/aromatic N) is 2. The number of amides is 1. The summed E-state index contributed by atoms with van der Waals surface area (Å²) in [5.41, 5.74) is 1.51. The van der Waals surface area contributed by atoms with Crippen molar-refractivity contribution in [3.8, 4) is 23.0 Å². The molecule has 4 aromatic rings. The zero-order valence-corrected chi connectivity index (χ0v) is 26.1. The SMILES string of the molecule is CCCCCOc1ccc(C2C(=C(O)c3cccc(OCCC)c3)C(=O)C(=O)N2c2nc3ccc(OC)cc3s2)cc1OC. The number of hydrogen-bond acceptors (Lipinski definition) is 9. The molecule has 0 saturated carbocycles. The Bertz CT molecular complexity index is 1700. The van der Waals surface area contributed by atoms with Gasteiger partial charge in [-0.25, -0.2) is 4.98 Å². The van der Waals surface area contributed by atoms with Crippen molar-refractivity contribution >= 4 is 44.1 Å². The number of aliphatic hydroxyl groups excluding tert-OH is 1. The third kappa shape index (κ3) is 6.21. The summed E-state index contributed by atoms with van der Waals surface area (Å²) in [5.74, 6) is 0.289. The van der Waals surface area contributed by atoms with Gasteiger partial charge in [0.25, 0.3) is 5.78 Å². The average Bonchev–Trinajstić information content (AvgIpc) is 3.59. The van der Waals surface area contributed by atoms with Gasteiger partial charge in [0.1, 0.15) is 17.3 Å². The molecule has 1 aliphatic heterocycles. The molecule has 1 saturated heterocycles. The highest BCUT2D eigenvalue weighted by Crippen LogP contribution is 2.46. The van der Waals surface area contributed by atoms with Crippen molar-refractivity contribution in [1.29, 1.82) is 0 Å². The van der Waals surface area contributed by atoms with Crippen LogP contribution in [-0.2, 0) is 9.59 Å². The number of hydrogen-bond donors (Lipinski definition) is 1. The van der Waals surface area contributed by atoms with Crippen LogP contribution < -0.4 is 23.8 Å². The summed E-state index contributed by atoms with van der Waals surface area (Å²) in [6, 6.07) is 16.6. The van der Waals surface area contributed by atoms with E-state index in [0.717, 1.165) is 30.4 Å². The summed E-state index contributed by atoms with van der Waals surface area (Å²) in [5, 5.41) is 12.0. The van der Waals surface area contributed by atoms with Gasteiger partial charge in [-0.1, -0.05) is 56.2 Å². The zero-order valence-electron chi connectivity index (χ0n) is 25.3. The second kappa shape index (κ2) is 13.8. The fraction of sp³-hybridized carbons (Fsp3) is 0.324. The van der Waals surface area contributed by atoms with Crippen LogP contribution in [0.3, 0.4) is 0 Å². The number of Topliss-reactive ketones (excluding diaryl/α,β-unsaturated/α-hetero) is 1. The molecular weight excluding hydrogens is 580 g/mol. The quantitative estimate of drug-likeness (QED) is 0.0722. The minimum atomic E-state index is -0.985. The fourth-order valence-electron chi connectivity index (χ4n) is 5.08. The summed E-state index contributed by atoms with van der Waals surface area (Å²) < 4.78 is 23.6. The smallest absolute Gasteiger partial charge is 0.301 e. The van der Waals surface area contributed by atoms with Gasteiger partial charge in [-0.3, -0.25) is 14.5 Å². The maximum absolute atomic E-state index is 13.8. The number of ether oxygens (including phenoxy) is 4. The molecule has 0 bridgehead atoms. The van der Waals surface area contributed by atoms with Crippen molar-refractivity contribution in [1.82, 2.24) is 4.98 Å². The van der Waals surface area contributed by atoms with Gasteiger partial charge in [0, 0.05) is 5.56 Å². The summed E-state index contributed by atoms with van der Waals surface area (Å²) in [6.07, 6.45) is 3.85. The highest BCUT2D eigenvalue weighted by atomic mass is 32.1. The number of methoxy groups -OCH3 is 2. The first-order valence-electron chi connectivity index (χ1n) is 14.7. The van der Waals surface area contributed by atoms with E-state index in [2.05, 4.69) is 6.92 Å². The van der Waals surface area contributed by atoms with E-state index in [9.17, 15) is 14.7 Å². The number of ketones is 1. The van der Waals surface area contributed by atoms with Gasteiger partial charge < -0.3 is 24.1 Å². The Morgan fingerprint density at radius 2 is 1.73 bits per heavy atom. The molecule has 230 valence electrons. The fourth-order valence-corrected chi connectivity index (χ4v) is 6.10.